The van der Waals surface area contributed by atoms with E-state index >= 15 is 0 Å². The third kappa shape index (κ3) is 4.85. The molecule has 0 aliphatic heterocycles. The van der Waals surface area contributed by atoms with Gasteiger partial charge in [-0.25, -0.2) is 0 Å². The SMILES string of the molecule is CCN(CC)C(=O)c1ccc(C(c2cccc(O)c2)n2nc(C)c(-c3ccc(C)cc3)c2C)cc1. The second-order valence-electron chi connectivity index (χ2n) is 8.95. The van der Waals surface area contributed by atoms with Gasteiger partial charge in [0.2, 0.25) is 0 Å². The van der Waals surface area contributed by atoms with Crippen LogP contribution in [0.15, 0.2) is 72.8 Å². The van der Waals surface area contributed by atoms with Gasteiger partial charge in [0, 0.05) is 29.9 Å². The van der Waals surface area contributed by atoms with E-state index in [2.05, 4.69) is 38.1 Å². The number of aryl methyl sites for hydroxylation is 2. The quantitative estimate of drug-likeness (QED) is 0.347. The van der Waals surface area contributed by atoms with Gasteiger partial charge in [0.05, 0.1) is 5.69 Å². The van der Waals surface area contributed by atoms with Crippen molar-refractivity contribution in [2.75, 3.05) is 13.1 Å². The van der Waals surface area contributed by atoms with E-state index in [1.807, 2.05) is 66.8 Å². The molecule has 1 amide bonds. The molecule has 0 aliphatic carbocycles. The number of nitrogens with zero attached hydrogens (tertiary/aromatic N) is 3. The summed E-state index contributed by atoms with van der Waals surface area (Å²) in [6.07, 6.45) is 0. The van der Waals surface area contributed by atoms with Crippen molar-refractivity contribution in [1.29, 1.82) is 0 Å². The van der Waals surface area contributed by atoms with Gasteiger partial charge in [-0.2, -0.15) is 5.10 Å². The van der Waals surface area contributed by atoms with Crippen LogP contribution in [0.2, 0.25) is 0 Å². The molecule has 0 spiro atoms. The summed E-state index contributed by atoms with van der Waals surface area (Å²) in [6, 6.07) is 23.3. The Morgan fingerprint density at radius 1 is 0.914 bits per heavy atom. The van der Waals surface area contributed by atoms with Gasteiger partial charge in [-0.3, -0.25) is 9.48 Å². The van der Waals surface area contributed by atoms with Crippen molar-refractivity contribution < 1.29 is 9.90 Å². The van der Waals surface area contributed by atoms with Crippen molar-refractivity contribution in [3.05, 3.63) is 106 Å². The molecule has 0 bridgehead atoms. The van der Waals surface area contributed by atoms with Gasteiger partial charge < -0.3 is 10.0 Å². The molecule has 3 aromatic carbocycles. The normalized spacial score (nSPS) is 11.9. The van der Waals surface area contributed by atoms with Crippen LogP contribution in [0.5, 0.6) is 5.75 Å². The molecular formula is C30H33N3O2. The van der Waals surface area contributed by atoms with Gasteiger partial charge in [0.25, 0.3) is 5.91 Å². The molecule has 0 fully saturated rings. The topological polar surface area (TPSA) is 58.4 Å². The van der Waals surface area contributed by atoms with Crippen LogP contribution >= 0.6 is 0 Å². The third-order valence-corrected chi connectivity index (χ3v) is 6.62. The number of aromatic hydroxyl groups is 1. The second-order valence-corrected chi connectivity index (χ2v) is 8.95. The number of carbonyl (C=O) groups is 1. The maximum Gasteiger partial charge on any atom is 0.253 e. The number of benzene rings is 3. The molecular weight excluding hydrogens is 434 g/mol. The van der Waals surface area contributed by atoms with E-state index in [9.17, 15) is 9.90 Å². The maximum absolute atomic E-state index is 12.8. The largest absolute Gasteiger partial charge is 0.508 e. The highest BCUT2D eigenvalue weighted by atomic mass is 16.3. The highest BCUT2D eigenvalue weighted by Gasteiger charge is 2.24. The van der Waals surface area contributed by atoms with E-state index in [0.717, 1.165) is 33.6 Å². The lowest BCUT2D eigenvalue weighted by Crippen LogP contribution is -2.30. The molecule has 1 atom stereocenters. The van der Waals surface area contributed by atoms with E-state index in [-0.39, 0.29) is 17.7 Å². The van der Waals surface area contributed by atoms with Crippen molar-refractivity contribution in [3.8, 4) is 16.9 Å². The fourth-order valence-corrected chi connectivity index (χ4v) is 4.72. The van der Waals surface area contributed by atoms with Gasteiger partial charge in [-0.15, -0.1) is 0 Å². The molecule has 0 radical (unpaired) electrons. The van der Waals surface area contributed by atoms with E-state index in [0.29, 0.717) is 18.7 Å². The molecule has 0 saturated carbocycles. The molecule has 0 saturated heterocycles. The predicted molar refractivity (Wildman–Crippen MR) is 141 cm³/mol. The van der Waals surface area contributed by atoms with Gasteiger partial charge in [0.1, 0.15) is 11.8 Å². The lowest BCUT2D eigenvalue weighted by Gasteiger charge is -2.22. The van der Waals surface area contributed by atoms with E-state index in [1.165, 1.54) is 5.56 Å². The Labute approximate surface area is 207 Å². The number of amides is 1. The van der Waals surface area contributed by atoms with Crippen molar-refractivity contribution in [3.63, 3.8) is 0 Å². The smallest absolute Gasteiger partial charge is 0.253 e. The Hall–Kier alpha value is -3.86. The average Bonchev–Trinajstić information content (AvgIpc) is 3.14. The summed E-state index contributed by atoms with van der Waals surface area (Å²) in [5.74, 6) is 0.240. The van der Waals surface area contributed by atoms with Gasteiger partial charge in [-0.05, 0) is 75.6 Å². The lowest BCUT2D eigenvalue weighted by molar-refractivity contribution is 0.0773. The van der Waals surface area contributed by atoms with Crippen molar-refractivity contribution in [2.24, 2.45) is 0 Å². The van der Waals surface area contributed by atoms with Crippen LogP contribution in [-0.4, -0.2) is 38.8 Å². The number of rotatable bonds is 7. The highest BCUT2D eigenvalue weighted by molar-refractivity contribution is 5.94. The first kappa shape index (κ1) is 24.3. The van der Waals surface area contributed by atoms with Crippen LogP contribution in [0.3, 0.4) is 0 Å². The molecule has 35 heavy (non-hydrogen) atoms. The summed E-state index contributed by atoms with van der Waals surface area (Å²) in [4.78, 5) is 14.6. The zero-order valence-electron chi connectivity index (χ0n) is 21.1. The number of aromatic nitrogens is 2. The number of hydrogen-bond acceptors (Lipinski definition) is 3. The van der Waals surface area contributed by atoms with Gasteiger partial charge in [0.15, 0.2) is 0 Å². The molecule has 4 rings (SSSR count). The summed E-state index contributed by atoms with van der Waals surface area (Å²) < 4.78 is 2.03. The lowest BCUT2D eigenvalue weighted by atomic mass is 9.96. The second kappa shape index (κ2) is 10.2. The van der Waals surface area contributed by atoms with Crippen molar-refractivity contribution in [1.82, 2.24) is 14.7 Å². The highest BCUT2D eigenvalue weighted by Crippen LogP contribution is 2.35. The minimum Gasteiger partial charge on any atom is -0.508 e. The Balaban J connectivity index is 1.82. The van der Waals surface area contributed by atoms with Crippen LogP contribution in [0.25, 0.3) is 11.1 Å². The molecule has 0 aliphatic rings. The number of phenolic OH excluding ortho intramolecular Hbond substituents is 1. The summed E-state index contributed by atoms with van der Waals surface area (Å²) in [7, 11) is 0. The summed E-state index contributed by atoms with van der Waals surface area (Å²) >= 11 is 0. The van der Waals surface area contributed by atoms with Gasteiger partial charge >= 0.3 is 0 Å². The van der Waals surface area contributed by atoms with Crippen molar-refractivity contribution in [2.45, 2.75) is 40.7 Å². The zero-order chi connectivity index (χ0) is 25.1. The summed E-state index contributed by atoms with van der Waals surface area (Å²) in [5, 5.41) is 15.2. The molecule has 1 heterocycles. The molecule has 1 N–H and O–H groups in total. The van der Waals surface area contributed by atoms with Crippen LogP contribution in [0.1, 0.15) is 58.3 Å². The predicted octanol–water partition coefficient (Wildman–Crippen LogP) is 6.30. The molecule has 180 valence electrons. The third-order valence-electron chi connectivity index (χ3n) is 6.62. The van der Waals surface area contributed by atoms with Crippen LogP contribution in [-0.2, 0) is 0 Å². The standard InChI is InChI=1S/C30H33N3O2/c1-6-32(7-2)30(35)25-17-15-24(16-18-25)29(26-9-8-10-27(34)19-26)33-22(5)28(21(4)31-33)23-13-11-20(3)12-14-23/h8-19,29,34H,6-7H2,1-5H3. The summed E-state index contributed by atoms with van der Waals surface area (Å²) in [6.45, 7) is 11.5. The monoisotopic (exact) mass is 467 g/mol. The molecule has 1 unspecified atom stereocenters. The number of phenols is 1. The fourth-order valence-electron chi connectivity index (χ4n) is 4.72. The fraction of sp³-hybridized carbons (Fsp3) is 0.267. The minimum atomic E-state index is -0.252. The van der Waals surface area contributed by atoms with Crippen molar-refractivity contribution >= 4 is 5.91 Å². The van der Waals surface area contributed by atoms with E-state index < -0.39 is 0 Å². The Kier molecular flexibility index (Phi) is 7.06. The van der Waals surface area contributed by atoms with Crippen LogP contribution < -0.4 is 0 Å². The minimum absolute atomic E-state index is 0.0308. The average molecular weight is 468 g/mol. The zero-order valence-corrected chi connectivity index (χ0v) is 21.1. The number of carbonyl (C=O) groups excluding carboxylic acids is 1. The number of hydrogen-bond donors (Lipinski definition) is 1. The Morgan fingerprint density at radius 2 is 1.57 bits per heavy atom. The molecule has 1 aromatic heterocycles. The molecule has 4 aromatic rings. The Bertz CT molecular complexity index is 1320. The van der Waals surface area contributed by atoms with Crippen LogP contribution in [0, 0.1) is 20.8 Å². The first-order valence-corrected chi connectivity index (χ1v) is 12.1. The maximum atomic E-state index is 12.8. The first-order valence-electron chi connectivity index (χ1n) is 12.1. The Morgan fingerprint density at radius 3 is 2.17 bits per heavy atom. The first-order chi connectivity index (χ1) is 16.8. The summed E-state index contributed by atoms with van der Waals surface area (Å²) in [5.41, 5.74) is 8.04. The van der Waals surface area contributed by atoms with E-state index in [1.54, 1.807) is 12.1 Å². The van der Waals surface area contributed by atoms with Crippen LogP contribution in [0.4, 0.5) is 0 Å². The molecule has 5 nitrogen and oxygen atoms in total. The molecule has 5 heteroatoms. The van der Waals surface area contributed by atoms with Gasteiger partial charge in [-0.1, -0.05) is 54.1 Å². The van der Waals surface area contributed by atoms with E-state index in [4.69, 9.17) is 5.10 Å².